The number of para-hydroxylation sites is 1. The van der Waals surface area contributed by atoms with Gasteiger partial charge in [0.05, 0.1) is 23.3 Å². The minimum atomic E-state index is -0.112. The number of hydrogen-bond donors (Lipinski definition) is 3. The number of H-pyrrole nitrogens is 2. The quantitative estimate of drug-likeness (QED) is 0.292. The lowest BCUT2D eigenvalue weighted by molar-refractivity contribution is -0.113. The maximum absolute atomic E-state index is 12.4. The molecule has 0 bridgehead atoms. The van der Waals surface area contributed by atoms with Crippen LogP contribution in [0.15, 0.2) is 71.3 Å². The van der Waals surface area contributed by atoms with Crippen molar-refractivity contribution in [3.8, 4) is 22.5 Å². The third-order valence-electron chi connectivity index (χ3n) is 4.88. The smallest absolute Gasteiger partial charge is 0.236 e. The molecule has 31 heavy (non-hydrogen) atoms. The molecule has 154 valence electrons. The van der Waals surface area contributed by atoms with E-state index in [1.807, 2.05) is 54.8 Å². The molecule has 8 heteroatoms. The lowest BCUT2D eigenvalue weighted by Crippen LogP contribution is -2.13. The third kappa shape index (κ3) is 4.12. The number of carbonyl (C=O) groups is 1. The number of anilines is 1. The molecule has 3 aromatic heterocycles. The van der Waals surface area contributed by atoms with Crippen LogP contribution in [-0.4, -0.2) is 31.6 Å². The van der Waals surface area contributed by atoms with Gasteiger partial charge < -0.3 is 15.3 Å². The summed E-state index contributed by atoms with van der Waals surface area (Å²) >= 11 is 2.79. The van der Waals surface area contributed by atoms with Crippen LogP contribution < -0.4 is 5.32 Å². The van der Waals surface area contributed by atoms with Crippen LogP contribution in [0.3, 0.4) is 0 Å². The molecule has 0 aliphatic heterocycles. The van der Waals surface area contributed by atoms with Crippen molar-refractivity contribution >= 4 is 45.0 Å². The Morgan fingerprint density at radius 3 is 2.77 bits per heavy atom. The second-order valence-electron chi connectivity index (χ2n) is 7.01. The fourth-order valence-electron chi connectivity index (χ4n) is 3.48. The number of nitrogens with zero attached hydrogens (tertiary/aromatic N) is 2. The molecule has 0 aliphatic rings. The van der Waals surface area contributed by atoms with Gasteiger partial charge in [0.1, 0.15) is 0 Å². The highest BCUT2D eigenvalue weighted by atomic mass is 32.2. The van der Waals surface area contributed by atoms with Gasteiger partial charge in [-0.1, -0.05) is 60.3 Å². The number of aromatic nitrogens is 4. The van der Waals surface area contributed by atoms with Gasteiger partial charge in [0.15, 0.2) is 10.3 Å². The van der Waals surface area contributed by atoms with Gasteiger partial charge in [-0.25, -0.2) is 9.97 Å². The first-order valence-corrected chi connectivity index (χ1v) is 11.6. The van der Waals surface area contributed by atoms with Crippen LogP contribution in [0.1, 0.15) is 5.69 Å². The van der Waals surface area contributed by atoms with E-state index in [-0.39, 0.29) is 11.7 Å². The number of hydrogen-bond acceptors (Lipinski definition) is 5. The predicted octanol–water partition coefficient (Wildman–Crippen LogP) is 5.72. The van der Waals surface area contributed by atoms with Gasteiger partial charge in [0.2, 0.25) is 5.91 Å². The molecule has 0 radical (unpaired) electrons. The van der Waals surface area contributed by atoms with Gasteiger partial charge in [-0.2, -0.15) is 0 Å². The number of fused-ring (bicyclic) bond motifs is 1. The topological polar surface area (TPSA) is 86.5 Å². The zero-order chi connectivity index (χ0) is 21.2. The van der Waals surface area contributed by atoms with Crippen LogP contribution in [0.5, 0.6) is 0 Å². The number of aryl methyl sites for hydroxylation is 1. The van der Waals surface area contributed by atoms with Gasteiger partial charge in [-0.3, -0.25) is 4.79 Å². The van der Waals surface area contributed by atoms with E-state index in [4.69, 9.17) is 0 Å². The first-order valence-electron chi connectivity index (χ1n) is 9.73. The second kappa shape index (κ2) is 8.41. The number of carbonyl (C=O) groups excluding carboxylic acids is 1. The summed E-state index contributed by atoms with van der Waals surface area (Å²) in [5.41, 5.74) is 6.08. The van der Waals surface area contributed by atoms with Crippen LogP contribution in [0.4, 0.5) is 5.13 Å². The number of imidazole rings is 1. The molecule has 0 saturated heterocycles. The van der Waals surface area contributed by atoms with Gasteiger partial charge in [-0.15, -0.1) is 11.3 Å². The summed E-state index contributed by atoms with van der Waals surface area (Å²) in [6, 6.07) is 18.1. The molecular formula is C23H19N5OS2. The Morgan fingerprint density at radius 1 is 1.10 bits per heavy atom. The molecule has 0 fully saturated rings. The van der Waals surface area contributed by atoms with E-state index >= 15 is 0 Å². The minimum absolute atomic E-state index is 0.112. The number of nitrogens with one attached hydrogen (secondary N) is 3. The van der Waals surface area contributed by atoms with E-state index in [1.54, 1.807) is 6.20 Å². The zero-order valence-corrected chi connectivity index (χ0v) is 18.3. The minimum Gasteiger partial charge on any atom is -0.358 e. The molecule has 1 amide bonds. The van der Waals surface area contributed by atoms with Crippen LogP contribution in [0.2, 0.25) is 0 Å². The largest absolute Gasteiger partial charge is 0.358 e. The number of thiazole rings is 1. The van der Waals surface area contributed by atoms with Gasteiger partial charge in [0, 0.05) is 27.5 Å². The van der Waals surface area contributed by atoms with E-state index < -0.39 is 0 Å². The maximum Gasteiger partial charge on any atom is 0.236 e. The number of benzene rings is 2. The van der Waals surface area contributed by atoms with Crippen LogP contribution >= 0.6 is 23.1 Å². The van der Waals surface area contributed by atoms with Crippen molar-refractivity contribution < 1.29 is 4.79 Å². The van der Waals surface area contributed by atoms with Gasteiger partial charge in [0.25, 0.3) is 0 Å². The molecule has 6 nitrogen and oxygen atoms in total. The third-order valence-corrected chi connectivity index (χ3v) is 6.52. The molecule has 2 aromatic carbocycles. The van der Waals surface area contributed by atoms with Crippen LogP contribution in [0.25, 0.3) is 33.4 Å². The Bertz CT molecular complexity index is 1350. The Hall–Kier alpha value is -3.36. The molecule has 0 unspecified atom stereocenters. The number of thioether (sulfide) groups is 1. The van der Waals surface area contributed by atoms with E-state index in [0.29, 0.717) is 10.3 Å². The van der Waals surface area contributed by atoms with Crippen molar-refractivity contribution in [2.75, 3.05) is 11.1 Å². The van der Waals surface area contributed by atoms with Crippen LogP contribution in [0, 0.1) is 6.92 Å². The first-order chi connectivity index (χ1) is 15.2. The predicted molar refractivity (Wildman–Crippen MR) is 128 cm³/mol. The molecule has 3 heterocycles. The number of amides is 1. The summed E-state index contributed by atoms with van der Waals surface area (Å²) in [5, 5.41) is 7.31. The number of aromatic amines is 2. The summed E-state index contributed by atoms with van der Waals surface area (Å²) in [6.07, 6.45) is 1.78. The zero-order valence-electron chi connectivity index (χ0n) is 16.7. The van der Waals surface area contributed by atoms with Crippen molar-refractivity contribution in [1.82, 2.24) is 19.9 Å². The first kappa shape index (κ1) is 19.6. The van der Waals surface area contributed by atoms with Crippen LogP contribution in [-0.2, 0) is 4.79 Å². The lowest BCUT2D eigenvalue weighted by atomic mass is 10.1. The Labute approximate surface area is 187 Å². The SMILES string of the molecule is Cc1[nH]c2ccccc2c1-c1csc(NC(=O)CSc2ncc(-c3ccccc3)[nH]2)n1. The summed E-state index contributed by atoms with van der Waals surface area (Å²) in [7, 11) is 0. The molecule has 5 rings (SSSR count). The number of rotatable bonds is 6. The fourth-order valence-corrected chi connectivity index (χ4v) is 4.85. The Kier molecular flexibility index (Phi) is 5.31. The molecule has 0 atom stereocenters. The summed E-state index contributed by atoms with van der Waals surface area (Å²) in [6.45, 7) is 2.04. The molecule has 0 aliphatic carbocycles. The highest BCUT2D eigenvalue weighted by Gasteiger charge is 2.15. The van der Waals surface area contributed by atoms with Crippen molar-refractivity contribution in [2.45, 2.75) is 12.1 Å². The highest BCUT2D eigenvalue weighted by molar-refractivity contribution is 7.99. The highest BCUT2D eigenvalue weighted by Crippen LogP contribution is 2.34. The Morgan fingerprint density at radius 2 is 1.90 bits per heavy atom. The van der Waals surface area contributed by atoms with E-state index in [1.165, 1.54) is 23.1 Å². The van der Waals surface area contributed by atoms with Crippen molar-refractivity contribution in [1.29, 1.82) is 0 Å². The van der Waals surface area contributed by atoms with Crippen molar-refractivity contribution in [3.63, 3.8) is 0 Å². The standard InChI is InChI=1S/C23H19N5OS2/c1-14-21(16-9-5-6-10-17(16)25-14)19-12-30-23(27-19)28-20(29)13-31-22-24-11-18(26-22)15-7-3-2-4-8-15/h2-12,25H,13H2,1H3,(H,24,26)(H,27,28,29). The molecule has 3 N–H and O–H groups in total. The average molecular weight is 446 g/mol. The summed E-state index contributed by atoms with van der Waals surface area (Å²) in [4.78, 5) is 28.1. The molecule has 0 saturated carbocycles. The average Bonchev–Trinajstić information content (AvgIpc) is 3.51. The van der Waals surface area contributed by atoms with Gasteiger partial charge in [-0.05, 0) is 18.6 Å². The Balaban J connectivity index is 1.23. The van der Waals surface area contributed by atoms with E-state index in [9.17, 15) is 4.79 Å². The van der Waals surface area contributed by atoms with Crippen molar-refractivity contribution in [2.24, 2.45) is 0 Å². The monoisotopic (exact) mass is 445 g/mol. The van der Waals surface area contributed by atoms with E-state index in [0.717, 1.165) is 39.1 Å². The normalized spacial score (nSPS) is 11.1. The molecule has 5 aromatic rings. The molecule has 0 spiro atoms. The second-order valence-corrected chi connectivity index (χ2v) is 8.84. The van der Waals surface area contributed by atoms with Gasteiger partial charge >= 0.3 is 0 Å². The van der Waals surface area contributed by atoms with Crippen molar-refractivity contribution in [3.05, 3.63) is 71.9 Å². The van der Waals surface area contributed by atoms with E-state index in [2.05, 4.69) is 37.4 Å². The fraction of sp³-hybridized carbons (Fsp3) is 0.0870. The summed E-state index contributed by atoms with van der Waals surface area (Å²) in [5.74, 6) is 0.141. The summed E-state index contributed by atoms with van der Waals surface area (Å²) < 4.78 is 0. The maximum atomic E-state index is 12.4. The lowest BCUT2D eigenvalue weighted by Gasteiger charge is -2.01. The molecular weight excluding hydrogens is 426 g/mol.